The molecular weight excluding hydrogens is 335 g/mol. The molecule has 0 radical (unpaired) electrons. The monoisotopic (exact) mass is 358 g/mol. The van der Waals surface area contributed by atoms with Crippen LogP contribution in [0.3, 0.4) is 0 Å². The number of rotatable bonds is 6. The van der Waals surface area contributed by atoms with E-state index in [0.717, 1.165) is 37.2 Å². The van der Waals surface area contributed by atoms with Gasteiger partial charge < -0.3 is 15.4 Å². The summed E-state index contributed by atoms with van der Waals surface area (Å²) in [6.45, 7) is 2.90. The average Bonchev–Trinajstić information content (AvgIpc) is 3.08. The molecule has 0 saturated carbocycles. The molecular formula is C19H23FN4O2. The molecule has 0 spiro atoms. The normalized spacial score (nSPS) is 17.1. The molecule has 1 aliphatic heterocycles. The maximum Gasteiger partial charge on any atom is 0.315 e. The van der Waals surface area contributed by atoms with Gasteiger partial charge in [-0.05, 0) is 29.7 Å². The molecule has 2 N–H and O–H groups in total. The molecule has 2 heterocycles. The molecule has 6 nitrogen and oxygen atoms in total. The first-order valence-electron chi connectivity index (χ1n) is 8.62. The number of methoxy groups -OCH3 is 1. The fourth-order valence-electron chi connectivity index (χ4n) is 3.00. The van der Waals surface area contributed by atoms with Crippen molar-refractivity contribution in [3.8, 4) is 5.88 Å². The third kappa shape index (κ3) is 5.16. The topological polar surface area (TPSA) is 66.5 Å². The average molecular weight is 358 g/mol. The fraction of sp³-hybridized carbons (Fsp3) is 0.368. The van der Waals surface area contributed by atoms with Gasteiger partial charge in [0.1, 0.15) is 5.82 Å². The molecule has 1 fully saturated rings. The molecule has 1 atom stereocenters. The van der Waals surface area contributed by atoms with Gasteiger partial charge in [0.2, 0.25) is 5.88 Å². The van der Waals surface area contributed by atoms with E-state index >= 15 is 0 Å². The summed E-state index contributed by atoms with van der Waals surface area (Å²) in [4.78, 5) is 18.5. The van der Waals surface area contributed by atoms with Gasteiger partial charge in [0.05, 0.1) is 7.11 Å². The third-order valence-corrected chi connectivity index (χ3v) is 4.39. The number of aromatic nitrogens is 1. The molecule has 1 aromatic heterocycles. The second kappa shape index (κ2) is 8.62. The van der Waals surface area contributed by atoms with Gasteiger partial charge in [-0.2, -0.15) is 0 Å². The lowest BCUT2D eigenvalue weighted by Gasteiger charge is -2.17. The summed E-state index contributed by atoms with van der Waals surface area (Å²) in [7, 11) is 1.60. The number of hydrogen-bond donors (Lipinski definition) is 2. The molecule has 0 aliphatic carbocycles. The van der Waals surface area contributed by atoms with E-state index in [-0.39, 0.29) is 17.9 Å². The van der Waals surface area contributed by atoms with Crippen molar-refractivity contribution in [2.75, 3.05) is 20.2 Å². The van der Waals surface area contributed by atoms with Gasteiger partial charge in [-0.1, -0.05) is 18.2 Å². The lowest BCUT2D eigenvalue weighted by molar-refractivity contribution is 0.235. The fourth-order valence-corrected chi connectivity index (χ4v) is 3.00. The molecule has 7 heteroatoms. The Kier molecular flexibility index (Phi) is 6.01. The smallest absolute Gasteiger partial charge is 0.315 e. The van der Waals surface area contributed by atoms with Gasteiger partial charge in [-0.25, -0.2) is 14.2 Å². The highest BCUT2D eigenvalue weighted by Gasteiger charge is 2.23. The quantitative estimate of drug-likeness (QED) is 0.832. The van der Waals surface area contributed by atoms with Crippen LogP contribution in [0.15, 0.2) is 42.6 Å². The Morgan fingerprint density at radius 3 is 2.73 bits per heavy atom. The minimum Gasteiger partial charge on any atom is -0.481 e. The lowest BCUT2D eigenvalue weighted by atomic mass is 10.2. The van der Waals surface area contributed by atoms with E-state index in [4.69, 9.17) is 4.74 Å². The van der Waals surface area contributed by atoms with E-state index in [1.807, 2.05) is 18.3 Å². The Hall–Kier alpha value is -2.67. The van der Waals surface area contributed by atoms with Crippen molar-refractivity contribution in [2.45, 2.75) is 25.6 Å². The number of pyridine rings is 1. The maximum absolute atomic E-state index is 12.9. The predicted molar refractivity (Wildman–Crippen MR) is 96.2 cm³/mol. The Balaban J connectivity index is 1.40. The number of amides is 2. The van der Waals surface area contributed by atoms with Gasteiger partial charge >= 0.3 is 6.03 Å². The van der Waals surface area contributed by atoms with Crippen LogP contribution in [0.4, 0.5) is 9.18 Å². The van der Waals surface area contributed by atoms with Crippen LogP contribution in [-0.4, -0.2) is 42.2 Å². The van der Waals surface area contributed by atoms with Gasteiger partial charge in [-0.15, -0.1) is 0 Å². The highest BCUT2D eigenvalue weighted by atomic mass is 19.1. The summed E-state index contributed by atoms with van der Waals surface area (Å²) < 4.78 is 17.9. The zero-order chi connectivity index (χ0) is 18.4. The zero-order valence-corrected chi connectivity index (χ0v) is 14.7. The highest BCUT2D eigenvalue weighted by Crippen LogP contribution is 2.14. The van der Waals surface area contributed by atoms with Gasteiger partial charge in [-0.3, -0.25) is 4.90 Å². The van der Waals surface area contributed by atoms with Gasteiger partial charge in [0, 0.05) is 44.5 Å². The molecule has 2 amide bonds. The Morgan fingerprint density at radius 2 is 2.04 bits per heavy atom. The molecule has 0 bridgehead atoms. The van der Waals surface area contributed by atoms with Crippen LogP contribution in [0.2, 0.25) is 0 Å². The highest BCUT2D eigenvalue weighted by molar-refractivity contribution is 5.74. The molecule has 1 saturated heterocycles. The summed E-state index contributed by atoms with van der Waals surface area (Å²) in [6.07, 6.45) is 2.72. The number of ether oxygens (including phenoxy) is 1. The van der Waals surface area contributed by atoms with Crippen LogP contribution in [0, 0.1) is 5.82 Å². The van der Waals surface area contributed by atoms with E-state index < -0.39 is 0 Å². The molecule has 3 rings (SSSR count). The van der Waals surface area contributed by atoms with E-state index in [1.54, 1.807) is 19.2 Å². The number of urea groups is 1. The second-order valence-corrected chi connectivity index (χ2v) is 6.38. The molecule has 2 aromatic rings. The van der Waals surface area contributed by atoms with E-state index in [1.165, 1.54) is 12.1 Å². The van der Waals surface area contributed by atoms with Crippen LogP contribution in [-0.2, 0) is 13.1 Å². The minimum absolute atomic E-state index is 0.120. The van der Waals surface area contributed by atoms with Crippen LogP contribution in [0.1, 0.15) is 17.5 Å². The van der Waals surface area contributed by atoms with Crippen LogP contribution in [0.25, 0.3) is 0 Å². The van der Waals surface area contributed by atoms with Crippen molar-refractivity contribution in [3.63, 3.8) is 0 Å². The summed E-state index contributed by atoms with van der Waals surface area (Å²) in [5.41, 5.74) is 1.98. The lowest BCUT2D eigenvalue weighted by Crippen LogP contribution is -2.43. The van der Waals surface area contributed by atoms with Crippen molar-refractivity contribution in [1.82, 2.24) is 20.5 Å². The van der Waals surface area contributed by atoms with Gasteiger partial charge in [0.25, 0.3) is 0 Å². The number of hydrogen-bond acceptors (Lipinski definition) is 4. The summed E-state index contributed by atoms with van der Waals surface area (Å²) in [6, 6.07) is 9.87. The van der Waals surface area contributed by atoms with Crippen molar-refractivity contribution in [3.05, 3.63) is 59.5 Å². The van der Waals surface area contributed by atoms with Crippen molar-refractivity contribution in [1.29, 1.82) is 0 Å². The SMILES string of the molecule is COc1ccc(CN2CC[C@@H](NC(=O)NCc3ccc(F)cc3)C2)cn1. The maximum atomic E-state index is 12.9. The summed E-state index contributed by atoms with van der Waals surface area (Å²) >= 11 is 0. The number of nitrogens with zero attached hydrogens (tertiary/aromatic N) is 2. The van der Waals surface area contributed by atoms with E-state index in [2.05, 4.69) is 20.5 Å². The second-order valence-electron chi connectivity index (χ2n) is 6.38. The predicted octanol–water partition coefficient (Wildman–Crippen LogP) is 2.30. The Labute approximate surface area is 152 Å². The summed E-state index contributed by atoms with van der Waals surface area (Å²) in [5.74, 6) is 0.323. The molecule has 0 unspecified atom stereocenters. The minimum atomic E-state index is -0.281. The zero-order valence-electron chi connectivity index (χ0n) is 14.7. The van der Waals surface area contributed by atoms with Crippen LogP contribution < -0.4 is 15.4 Å². The molecule has 1 aliphatic rings. The van der Waals surface area contributed by atoms with Crippen molar-refractivity contribution < 1.29 is 13.9 Å². The van der Waals surface area contributed by atoms with Crippen LogP contribution in [0.5, 0.6) is 5.88 Å². The number of likely N-dealkylation sites (tertiary alicyclic amines) is 1. The first-order valence-corrected chi connectivity index (χ1v) is 8.62. The largest absolute Gasteiger partial charge is 0.481 e. The molecule has 26 heavy (non-hydrogen) atoms. The van der Waals surface area contributed by atoms with Crippen molar-refractivity contribution in [2.24, 2.45) is 0 Å². The number of benzene rings is 1. The first-order chi connectivity index (χ1) is 12.6. The van der Waals surface area contributed by atoms with Crippen molar-refractivity contribution >= 4 is 6.03 Å². The standard InChI is InChI=1S/C19H23FN4O2/c1-26-18-7-4-15(11-21-18)12-24-9-8-17(13-24)23-19(25)22-10-14-2-5-16(20)6-3-14/h2-7,11,17H,8-10,12-13H2,1H3,(H2,22,23,25)/t17-/m1/s1. The molecule has 1 aromatic carbocycles. The third-order valence-electron chi connectivity index (χ3n) is 4.39. The first kappa shape index (κ1) is 18.1. The summed E-state index contributed by atoms with van der Waals surface area (Å²) in [5, 5.41) is 5.80. The Bertz CT molecular complexity index is 721. The Morgan fingerprint density at radius 1 is 1.27 bits per heavy atom. The number of carbonyl (C=O) groups is 1. The molecule has 138 valence electrons. The number of halogens is 1. The van der Waals surface area contributed by atoms with Gasteiger partial charge in [0.15, 0.2) is 0 Å². The van der Waals surface area contributed by atoms with E-state index in [9.17, 15) is 9.18 Å². The van der Waals surface area contributed by atoms with E-state index in [0.29, 0.717) is 12.4 Å². The number of carbonyl (C=O) groups excluding carboxylic acids is 1. The number of nitrogens with one attached hydrogen (secondary N) is 2. The van der Waals surface area contributed by atoms with Crippen LogP contribution >= 0.6 is 0 Å².